The molecule has 1 atom stereocenters. The number of esters is 1. The van der Waals surface area contributed by atoms with E-state index in [0.717, 1.165) is 12.1 Å². The predicted molar refractivity (Wildman–Crippen MR) is 61.2 cm³/mol. The van der Waals surface area contributed by atoms with Gasteiger partial charge >= 0.3 is 23.7 Å². The molecule has 2 N–H and O–H groups in total. The summed E-state index contributed by atoms with van der Waals surface area (Å²) in [7, 11) is 0. The van der Waals surface area contributed by atoms with Gasteiger partial charge in [-0.3, -0.25) is 4.79 Å². The molecule has 1 aromatic rings. The van der Waals surface area contributed by atoms with E-state index < -0.39 is 29.5 Å². The Kier molecular flexibility index (Phi) is 5.00. The summed E-state index contributed by atoms with van der Waals surface area (Å²) in [5, 5.41) is 18.2. The molecule has 0 aliphatic rings. The molecule has 6 nitrogen and oxygen atoms in total. The number of carbonyl (C=O) groups excluding carboxylic acids is 1. The van der Waals surface area contributed by atoms with Crippen LogP contribution in [0.5, 0.6) is 0 Å². The van der Waals surface area contributed by atoms with Gasteiger partial charge in [0.2, 0.25) is 0 Å². The predicted octanol–water partition coefficient (Wildman–Crippen LogP) is 1.61. The van der Waals surface area contributed by atoms with Crippen molar-refractivity contribution >= 4 is 11.9 Å². The summed E-state index contributed by atoms with van der Waals surface area (Å²) in [6.45, 7) is 0.929. The monoisotopic (exact) mass is 310 g/mol. The summed E-state index contributed by atoms with van der Waals surface area (Å²) < 4.78 is 47.9. The van der Waals surface area contributed by atoms with Gasteiger partial charge in [-0.15, -0.1) is 0 Å². The molecule has 0 bridgehead atoms. The number of alkyl halides is 3. The van der Waals surface area contributed by atoms with Crippen LogP contribution in [0.15, 0.2) is 16.5 Å². The van der Waals surface area contributed by atoms with E-state index in [1.807, 2.05) is 0 Å². The maximum absolute atomic E-state index is 13.0. The lowest BCUT2D eigenvalue weighted by atomic mass is 10.0. The number of aliphatic hydroxyl groups is 1. The third-order valence-electron chi connectivity index (χ3n) is 2.58. The van der Waals surface area contributed by atoms with E-state index in [2.05, 4.69) is 4.74 Å². The van der Waals surface area contributed by atoms with Crippen molar-refractivity contribution in [2.45, 2.75) is 31.5 Å². The lowest BCUT2D eigenvalue weighted by Gasteiger charge is -2.25. The second-order valence-electron chi connectivity index (χ2n) is 4.09. The van der Waals surface area contributed by atoms with Crippen LogP contribution in [0.1, 0.15) is 24.9 Å². The third kappa shape index (κ3) is 3.54. The van der Waals surface area contributed by atoms with Crippen molar-refractivity contribution in [1.29, 1.82) is 0 Å². The van der Waals surface area contributed by atoms with Gasteiger partial charge in [0, 0.05) is 6.42 Å². The molecule has 0 aromatic carbocycles. The molecule has 0 fully saturated rings. The fourth-order valence-electron chi connectivity index (χ4n) is 1.53. The Morgan fingerprint density at radius 3 is 2.43 bits per heavy atom. The van der Waals surface area contributed by atoms with Crippen LogP contribution < -0.4 is 0 Å². The van der Waals surface area contributed by atoms with Crippen molar-refractivity contribution in [3.63, 3.8) is 0 Å². The van der Waals surface area contributed by atoms with Crippen LogP contribution in [0.25, 0.3) is 0 Å². The summed E-state index contributed by atoms with van der Waals surface area (Å²) in [5.41, 5.74) is -3.93. The van der Waals surface area contributed by atoms with Gasteiger partial charge in [-0.1, -0.05) is 0 Å². The zero-order chi connectivity index (χ0) is 16.3. The summed E-state index contributed by atoms with van der Waals surface area (Å²) in [4.78, 5) is 21.8. The normalized spacial score (nSPS) is 14.5. The highest BCUT2D eigenvalue weighted by molar-refractivity contribution is 5.81. The molecular formula is C12H13F3O6. The number of furan rings is 1. The molecule has 0 saturated carbocycles. The fourth-order valence-corrected chi connectivity index (χ4v) is 1.53. The number of carboxylic acid groups (broad SMARTS) is 1. The zero-order valence-electron chi connectivity index (χ0n) is 10.9. The Balaban J connectivity index is 3.11. The number of ether oxygens (including phenoxy) is 1. The molecule has 0 aliphatic carbocycles. The molecular weight excluding hydrogens is 297 g/mol. The fraction of sp³-hybridized carbons (Fsp3) is 0.500. The Bertz CT molecular complexity index is 521. The van der Waals surface area contributed by atoms with Gasteiger partial charge < -0.3 is 19.4 Å². The van der Waals surface area contributed by atoms with Crippen LogP contribution >= 0.6 is 0 Å². The first kappa shape index (κ1) is 17.0. The first-order chi connectivity index (χ1) is 9.62. The molecule has 9 heteroatoms. The van der Waals surface area contributed by atoms with Gasteiger partial charge in [-0.2, -0.15) is 13.2 Å². The van der Waals surface area contributed by atoms with E-state index in [-0.39, 0.29) is 25.2 Å². The number of hydrogen-bond acceptors (Lipinski definition) is 5. The minimum absolute atomic E-state index is 0.0978. The summed E-state index contributed by atoms with van der Waals surface area (Å²) in [6.07, 6.45) is -5.88. The Labute approximate surface area is 117 Å². The Hall–Kier alpha value is -2.03. The second-order valence-corrected chi connectivity index (χ2v) is 4.09. The average Bonchev–Trinajstić information content (AvgIpc) is 2.83. The highest BCUT2D eigenvalue weighted by Gasteiger charge is 2.64. The van der Waals surface area contributed by atoms with E-state index in [0.29, 0.717) is 0 Å². The maximum atomic E-state index is 13.0. The first-order valence-electron chi connectivity index (χ1n) is 5.90. The lowest BCUT2D eigenvalue weighted by Crippen LogP contribution is -2.50. The van der Waals surface area contributed by atoms with E-state index in [1.54, 1.807) is 0 Å². The number of carbonyl (C=O) groups is 2. The molecule has 1 rings (SSSR count). The van der Waals surface area contributed by atoms with Crippen LogP contribution in [0.3, 0.4) is 0 Å². The van der Waals surface area contributed by atoms with Crippen LogP contribution in [0, 0.1) is 0 Å². The molecule has 118 valence electrons. The number of aryl methyl sites for hydroxylation is 1. The van der Waals surface area contributed by atoms with Gasteiger partial charge in [-0.25, -0.2) is 4.79 Å². The number of aliphatic carboxylic acids is 1. The molecule has 0 radical (unpaired) electrons. The quantitative estimate of drug-likeness (QED) is 0.775. The molecule has 21 heavy (non-hydrogen) atoms. The van der Waals surface area contributed by atoms with Crippen molar-refractivity contribution < 1.29 is 42.1 Å². The number of halogens is 3. The smallest absolute Gasteiger partial charge is 0.435 e. The van der Waals surface area contributed by atoms with Crippen LogP contribution in [-0.2, 0) is 26.3 Å². The van der Waals surface area contributed by atoms with Crippen LogP contribution in [0.2, 0.25) is 0 Å². The number of rotatable bonds is 6. The van der Waals surface area contributed by atoms with Gasteiger partial charge in [-0.05, 0) is 19.1 Å². The topological polar surface area (TPSA) is 97.0 Å². The molecule has 0 saturated heterocycles. The van der Waals surface area contributed by atoms with E-state index in [9.17, 15) is 27.9 Å². The van der Waals surface area contributed by atoms with Crippen molar-refractivity contribution in [3.8, 4) is 0 Å². The van der Waals surface area contributed by atoms with Gasteiger partial charge in [0.25, 0.3) is 0 Å². The lowest BCUT2D eigenvalue weighted by molar-refractivity contribution is -0.272. The van der Waals surface area contributed by atoms with Gasteiger partial charge in [0.15, 0.2) is 5.76 Å². The van der Waals surface area contributed by atoms with Crippen molar-refractivity contribution in [2.75, 3.05) is 6.61 Å². The maximum Gasteiger partial charge on any atom is 0.435 e. The van der Waals surface area contributed by atoms with Crippen LogP contribution in [0.4, 0.5) is 13.2 Å². The van der Waals surface area contributed by atoms with Gasteiger partial charge in [0.05, 0.1) is 13.0 Å². The molecule has 1 unspecified atom stereocenters. The molecule has 0 amide bonds. The minimum Gasteiger partial charge on any atom is -0.481 e. The third-order valence-corrected chi connectivity index (χ3v) is 2.58. The molecule has 0 spiro atoms. The highest BCUT2D eigenvalue weighted by atomic mass is 19.4. The minimum atomic E-state index is -5.35. The second kappa shape index (κ2) is 6.17. The SMILES string of the molecule is CCOC(=O)C(O)(c1ccc(CCC(=O)O)o1)C(F)(F)F. The highest BCUT2D eigenvalue weighted by Crippen LogP contribution is 2.40. The first-order valence-corrected chi connectivity index (χ1v) is 5.90. The van der Waals surface area contributed by atoms with Crippen molar-refractivity contribution in [3.05, 3.63) is 23.7 Å². The zero-order valence-corrected chi connectivity index (χ0v) is 10.9. The van der Waals surface area contributed by atoms with Crippen molar-refractivity contribution in [2.24, 2.45) is 0 Å². The summed E-state index contributed by atoms with van der Waals surface area (Å²) in [6, 6.07) is 1.83. The van der Waals surface area contributed by atoms with Gasteiger partial charge in [0.1, 0.15) is 5.76 Å². The van der Waals surface area contributed by atoms with E-state index >= 15 is 0 Å². The number of hydrogen-bond donors (Lipinski definition) is 2. The van der Waals surface area contributed by atoms with E-state index in [1.165, 1.54) is 6.92 Å². The Morgan fingerprint density at radius 2 is 1.95 bits per heavy atom. The van der Waals surface area contributed by atoms with Crippen LogP contribution in [-0.4, -0.2) is 34.9 Å². The Morgan fingerprint density at radius 1 is 1.33 bits per heavy atom. The van der Waals surface area contributed by atoms with E-state index in [4.69, 9.17) is 9.52 Å². The summed E-state index contributed by atoms with van der Waals surface area (Å²) >= 11 is 0. The largest absolute Gasteiger partial charge is 0.481 e. The average molecular weight is 310 g/mol. The van der Waals surface area contributed by atoms with Crippen molar-refractivity contribution in [1.82, 2.24) is 0 Å². The summed E-state index contributed by atoms with van der Waals surface area (Å²) in [5.74, 6) is -4.23. The standard InChI is InChI=1S/C12H13F3O6/c1-2-20-10(18)11(19,12(13,14)15)8-5-3-7(21-8)4-6-9(16)17/h3,5,19H,2,4,6H2,1H3,(H,16,17). The molecule has 0 aliphatic heterocycles. The molecule has 1 aromatic heterocycles. The number of carboxylic acids is 1. The molecule has 1 heterocycles.